The second-order valence-corrected chi connectivity index (χ2v) is 8.07. The third kappa shape index (κ3) is 2.39. The van der Waals surface area contributed by atoms with Gasteiger partial charge in [0.15, 0.2) is 0 Å². The van der Waals surface area contributed by atoms with Gasteiger partial charge < -0.3 is 14.9 Å². The maximum absolute atomic E-state index is 10.7. The minimum Gasteiger partial charge on any atom is -0.495 e. The molecule has 7 heteroatoms. The topological polar surface area (TPSA) is 67.5 Å². The van der Waals surface area contributed by atoms with Gasteiger partial charge >= 0.3 is 0 Å². The van der Waals surface area contributed by atoms with E-state index in [1.165, 1.54) is 16.1 Å². The van der Waals surface area contributed by atoms with Crippen LogP contribution in [0.3, 0.4) is 0 Å². The zero-order chi connectivity index (χ0) is 18.5. The van der Waals surface area contributed by atoms with Crippen molar-refractivity contribution < 1.29 is 14.9 Å². The summed E-state index contributed by atoms with van der Waals surface area (Å²) < 4.78 is 12.6. The van der Waals surface area contributed by atoms with Crippen molar-refractivity contribution in [1.29, 1.82) is 0 Å². The zero-order valence-electron chi connectivity index (χ0n) is 14.5. The van der Waals surface area contributed by atoms with Crippen LogP contribution in [-0.4, -0.2) is 26.3 Å². The normalized spacial score (nSPS) is 13.2. The Morgan fingerprint density at radius 3 is 2.89 bits per heavy atom. The molecule has 2 N–H and O–H groups in total. The molecule has 27 heavy (non-hydrogen) atoms. The third-order valence-corrected chi connectivity index (χ3v) is 6.61. The molecule has 3 aromatic heterocycles. The Hall–Kier alpha value is -2.77. The van der Waals surface area contributed by atoms with Crippen molar-refractivity contribution >= 4 is 39.0 Å². The number of thiophene rings is 1. The van der Waals surface area contributed by atoms with Gasteiger partial charge in [-0.05, 0) is 54.0 Å². The molecule has 4 aromatic rings. The molecule has 1 aromatic carbocycles. The molecular formula is C20H16N2O3S2. The van der Waals surface area contributed by atoms with Crippen LogP contribution in [0.15, 0.2) is 35.7 Å². The molecule has 0 atom stereocenters. The fourth-order valence-electron chi connectivity index (χ4n) is 3.57. The van der Waals surface area contributed by atoms with E-state index in [1.807, 2.05) is 41.8 Å². The fraction of sp³-hybridized carbons (Fsp3) is 0.150. The summed E-state index contributed by atoms with van der Waals surface area (Å²) in [6, 6.07) is 7.76. The molecule has 0 amide bonds. The van der Waals surface area contributed by atoms with Gasteiger partial charge in [0.1, 0.15) is 11.4 Å². The summed E-state index contributed by atoms with van der Waals surface area (Å²) in [6.07, 6.45) is 5.47. The van der Waals surface area contributed by atoms with Gasteiger partial charge in [0.05, 0.1) is 22.4 Å². The SMILES string of the molecule is COc1ccsc1-c1nsc2ccc(-n3c(O)c4c(c3O)CCC=C4)cc12. The highest BCUT2D eigenvalue weighted by Gasteiger charge is 2.24. The van der Waals surface area contributed by atoms with Crippen molar-refractivity contribution in [3.8, 4) is 33.8 Å². The molecule has 0 radical (unpaired) electrons. The molecule has 5 nitrogen and oxygen atoms in total. The second kappa shape index (κ2) is 6.14. The van der Waals surface area contributed by atoms with Crippen LogP contribution >= 0.6 is 22.9 Å². The predicted octanol–water partition coefficient (Wildman–Crippen LogP) is 5.19. The molecule has 0 saturated carbocycles. The molecule has 0 spiro atoms. The first-order chi connectivity index (χ1) is 13.2. The number of rotatable bonds is 3. The minimum atomic E-state index is 0.0660. The van der Waals surface area contributed by atoms with Gasteiger partial charge in [0.2, 0.25) is 11.8 Å². The molecule has 0 bridgehead atoms. The van der Waals surface area contributed by atoms with E-state index in [0.717, 1.165) is 44.8 Å². The summed E-state index contributed by atoms with van der Waals surface area (Å²) in [4.78, 5) is 0.976. The molecule has 0 saturated heterocycles. The first kappa shape index (κ1) is 16.4. The van der Waals surface area contributed by atoms with Crippen LogP contribution in [0.1, 0.15) is 17.5 Å². The molecule has 5 rings (SSSR count). The number of ether oxygens (including phenoxy) is 1. The molecule has 136 valence electrons. The average molecular weight is 396 g/mol. The lowest BCUT2D eigenvalue weighted by Crippen LogP contribution is -1.93. The number of fused-ring (bicyclic) bond motifs is 2. The lowest BCUT2D eigenvalue weighted by Gasteiger charge is -2.08. The molecular weight excluding hydrogens is 380 g/mol. The van der Waals surface area contributed by atoms with E-state index in [2.05, 4.69) is 4.37 Å². The summed E-state index contributed by atoms with van der Waals surface area (Å²) in [5.74, 6) is 0.964. The van der Waals surface area contributed by atoms with Crippen LogP contribution in [0.2, 0.25) is 0 Å². The number of benzene rings is 1. The van der Waals surface area contributed by atoms with Crippen molar-refractivity contribution in [2.24, 2.45) is 0 Å². The first-order valence-corrected chi connectivity index (χ1v) is 10.2. The maximum Gasteiger partial charge on any atom is 0.206 e. The molecule has 0 unspecified atom stereocenters. The van der Waals surface area contributed by atoms with Gasteiger partial charge in [-0.25, -0.2) is 0 Å². The van der Waals surface area contributed by atoms with Crippen LogP contribution in [0.5, 0.6) is 17.5 Å². The van der Waals surface area contributed by atoms with Gasteiger partial charge in [-0.2, -0.15) is 4.37 Å². The Balaban J connectivity index is 1.72. The van der Waals surface area contributed by atoms with E-state index < -0.39 is 0 Å². The summed E-state index contributed by atoms with van der Waals surface area (Å²) in [7, 11) is 1.65. The summed E-state index contributed by atoms with van der Waals surface area (Å²) in [5, 5.41) is 24.3. The average Bonchev–Trinajstić information content (AvgIpc) is 3.38. The number of allylic oxidation sites excluding steroid dienone is 1. The monoisotopic (exact) mass is 396 g/mol. The molecule has 0 fully saturated rings. The van der Waals surface area contributed by atoms with E-state index in [1.54, 1.807) is 18.4 Å². The van der Waals surface area contributed by atoms with E-state index in [0.29, 0.717) is 11.3 Å². The number of hydrogen-bond donors (Lipinski definition) is 2. The Morgan fingerprint density at radius 2 is 2.07 bits per heavy atom. The van der Waals surface area contributed by atoms with Crippen molar-refractivity contribution in [2.75, 3.05) is 7.11 Å². The van der Waals surface area contributed by atoms with Gasteiger partial charge in [-0.1, -0.05) is 12.2 Å². The quantitative estimate of drug-likeness (QED) is 0.500. The summed E-state index contributed by atoms with van der Waals surface area (Å²) in [5.41, 5.74) is 3.05. The van der Waals surface area contributed by atoms with Gasteiger partial charge in [0, 0.05) is 16.5 Å². The standard InChI is InChI=1S/C20H16N2O3S2/c1-25-15-8-9-26-18(15)17-14-10-11(6-7-16(14)27-21-17)22-19(23)12-4-2-3-5-13(12)20(22)24/h2,4,6-10,23-24H,3,5H2,1H3. The smallest absolute Gasteiger partial charge is 0.206 e. The van der Waals surface area contributed by atoms with E-state index >= 15 is 0 Å². The van der Waals surface area contributed by atoms with Crippen LogP contribution in [0.4, 0.5) is 0 Å². The number of nitrogens with zero attached hydrogens (tertiary/aromatic N) is 2. The van der Waals surface area contributed by atoms with Crippen LogP contribution in [0, 0.1) is 0 Å². The van der Waals surface area contributed by atoms with Gasteiger partial charge in [0.25, 0.3) is 0 Å². The number of aromatic hydroxyl groups is 2. The highest BCUT2D eigenvalue weighted by Crippen LogP contribution is 2.43. The number of hydrogen-bond acceptors (Lipinski definition) is 6. The van der Waals surface area contributed by atoms with Crippen molar-refractivity contribution in [1.82, 2.24) is 8.94 Å². The molecule has 0 aliphatic heterocycles. The van der Waals surface area contributed by atoms with Crippen LogP contribution < -0.4 is 4.74 Å². The van der Waals surface area contributed by atoms with Crippen molar-refractivity contribution in [3.05, 3.63) is 46.8 Å². The lowest BCUT2D eigenvalue weighted by atomic mass is 10.0. The van der Waals surface area contributed by atoms with Crippen LogP contribution in [-0.2, 0) is 6.42 Å². The molecule has 3 heterocycles. The molecule has 1 aliphatic rings. The minimum absolute atomic E-state index is 0.0660. The molecule has 1 aliphatic carbocycles. The summed E-state index contributed by atoms with van der Waals surface area (Å²) >= 11 is 3.01. The Labute approximate surface area is 163 Å². The number of methoxy groups -OCH3 is 1. The van der Waals surface area contributed by atoms with E-state index in [9.17, 15) is 10.2 Å². The fourth-order valence-corrected chi connectivity index (χ4v) is 5.25. The van der Waals surface area contributed by atoms with E-state index in [4.69, 9.17) is 4.74 Å². The highest BCUT2D eigenvalue weighted by atomic mass is 32.1. The first-order valence-electron chi connectivity index (χ1n) is 8.52. The Morgan fingerprint density at radius 1 is 1.19 bits per heavy atom. The maximum atomic E-state index is 10.7. The zero-order valence-corrected chi connectivity index (χ0v) is 16.1. The Kier molecular flexibility index (Phi) is 3.73. The predicted molar refractivity (Wildman–Crippen MR) is 109 cm³/mol. The second-order valence-electron chi connectivity index (χ2n) is 6.35. The lowest BCUT2D eigenvalue weighted by molar-refractivity contribution is 0.400. The van der Waals surface area contributed by atoms with E-state index in [-0.39, 0.29) is 11.8 Å². The number of aromatic nitrogens is 2. The largest absolute Gasteiger partial charge is 0.495 e. The third-order valence-electron chi connectivity index (χ3n) is 4.88. The Bertz CT molecular complexity index is 1200. The van der Waals surface area contributed by atoms with Crippen molar-refractivity contribution in [2.45, 2.75) is 12.8 Å². The van der Waals surface area contributed by atoms with Gasteiger partial charge in [-0.3, -0.25) is 4.57 Å². The summed E-state index contributed by atoms with van der Waals surface area (Å²) in [6.45, 7) is 0. The van der Waals surface area contributed by atoms with Crippen molar-refractivity contribution in [3.63, 3.8) is 0 Å². The van der Waals surface area contributed by atoms with Crippen LogP contribution in [0.25, 0.3) is 32.4 Å². The highest BCUT2D eigenvalue weighted by molar-refractivity contribution is 7.16. The van der Waals surface area contributed by atoms with Gasteiger partial charge in [-0.15, -0.1) is 11.3 Å².